The van der Waals surface area contributed by atoms with Crippen LogP contribution in [0.15, 0.2) is 18.2 Å². The summed E-state index contributed by atoms with van der Waals surface area (Å²) < 4.78 is 10.7. The highest BCUT2D eigenvalue weighted by atomic mass is 16.5. The van der Waals surface area contributed by atoms with E-state index in [-0.39, 0.29) is 23.8 Å². The molecule has 1 aromatic carbocycles. The Kier molecular flexibility index (Phi) is 5.69. The zero-order valence-electron chi connectivity index (χ0n) is 15.9. The molecule has 26 heavy (non-hydrogen) atoms. The maximum absolute atomic E-state index is 13.1. The number of hydrogen-bond donors (Lipinski definition) is 0. The van der Waals surface area contributed by atoms with Gasteiger partial charge < -0.3 is 19.3 Å². The third-order valence-electron chi connectivity index (χ3n) is 5.62. The van der Waals surface area contributed by atoms with E-state index >= 15 is 0 Å². The molecule has 0 spiro atoms. The molecule has 1 unspecified atom stereocenters. The molecule has 0 radical (unpaired) electrons. The first-order valence-electron chi connectivity index (χ1n) is 9.33. The molecule has 2 aliphatic heterocycles. The molecule has 0 saturated carbocycles. The van der Waals surface area contributed by atoms with Gasteiger partial charge in [0, 0.05) is 32.5 Å². The first kappa shape index (κ1) is 18.5. The average molecular weight is 360 g/mol. The molecular weight excluding hydrogens is 332 g/mol. The molecule has 3 rings (SSSR count). The molecule has 2 aliphatic rings. The number of ether oxygens (including phenoxy) is 2. The predicted molar refractivity (Wildman–Crippen MR) is 98.2 cm³/mol. The van der Waals surface area contributed by atoms with Crippen molar-refractivity contribution in [3.05, 3.63) is 23.8 Å². The summed E-state index contributed by atoms with van der Waals surface area (Å²) in [7, 11) is 3.25. The van der Waals surface area contributed by atoms with E-state index < -0.39 is 0 Å². The van der Waals surface area contributed by atoms with Crippen molar-refractivity contribution >= 4 is 11.8 Å². The highest BCUT2D eigenvalue weighted by molar-refractivity contribution is 5.80. The highest BCUT2D eigenvalue weighted by Crippen LogP contribution is 2.38. The molecule has 2 fully saturated rings. The zero-order chi connectivity index (χ0) is 18.7. The van der Waals surface area contributed by atoms with Crippen molar-refractivity contribution in [3.63, 3.8) is 0 Å². The second-order valence-corrected chi connectivity index (χ2v) is 7.08. The average Bonchev–Trinajstić information content (AvgIpc) is 3.16. The number of amides is 2. The van der Waals surface area contributed by atoms with E-state index in [1.54, 1.807) is 21.1 Å². The van der Waals surface area contributed by atoms with E-state index in [9.17, 15) is 9.59 Å². The van der Waals surface area contributed by atoms with E-state index in [4.69, 9.17) is 9.47 Å². The van der Waals surface area contributed by atoms with Crippen LogP contribution in [0, 0.1) is 5.92 Å². The van der Waals surface area contributed by atoms with E-state index in [1.165, 1.54) is 0 Å². The van der Waals surface area contributed by atoms with Crippen molar-refractivity contribution in [1.82, 2.24) is 9.80 Å². The van der Waals surface area contributed by atoms with E-state index in [0.29, 0.717) is 24.6 Å². The van der Waals surface area contributed by atoms with Gasteiger partial charge in [0.2, 0.25) is 11.8 Å². The minimum absolute atomic E-state index is 0.0198. The first-order chi connectivity index (χ1) is 12.5. The topological polar surface area (TPSA) is 59.1 Å². The van der Waals surface area contributed by atoms with Crippen molar-refractivity contribution in [2.75, 3.05) is 33.9 Å². The lowest BCUT2D eigenvalue weighted by atomic mass is 9.94. The number of carbonyl (C=O) groups excluding carboxylic acids is 2. The van der Waals surface area contributed by atoms with Gasteiger partial charge in [-0.1, -0.05) is 6.07 Å². The maximum atomic E-state index is 13.1. The van der Waals surface area contributed by atoms with Gasteiger partial charge in [0.1, 0.15) is 0 Å². The summed E-state index contributed by atoms with van der Waals surface area (Å²) in [5.41, 5.74) is 1.09. The van der Waals surface area contributed by atoms with Crippen LogP contribution in [-0.4, -0.2) is 55.5 Å². The Morgan fingerprint density at radius 1 is 1.00 bits per heavy atom. The number of carbonyl (C=O) groups is 2. The second kappa shape index (κ2) is 7.98. The largest absolute Gasteiger partial charge is 0.493 e. The lowest BCUT2D eigenvalue weighted by molar-refractivity contribution is -0.140. The van der Waals surface area contributed by atoms with Gasteiger partial charge in [-0.15, -0.1) is 0 Å². The van der Waals surface area contributed by atoms with Crippen LogP contribution in [0.25, 0.3) is 0 Å². The molecule has 0 bridgehead atoms. The molecule has 0 N–H and O–H groups in total. The molecule has 1 aromatic rings. The Bertz CT molecular complexity index is 668. The minimum Gasteiger partial charge on any atom is -0.493 e. The smallest absolute Gasteiger partial charge is 0.226 e. The van der Waals surface area contributed by atoms with Gasteiger partial charge in [0.15, 0.2) is 11.5 Å². The fourth-order valence-corrected chi connectivity index (χ4v) is 4.11. The zero-order valence-corrected chi connectivity index (χ0v) is 15.9. The van der Waals surface area contributed by atoms with Gasteiger partial charge in [-0.05, 0) is 43.4 Å². The highest BCUT2D eigenvalue weighted by Gasteiger charge is 2.36. The normalized spacial score (nSPS) is 21.0. The molecule has 0 aromatic heterocycles. The van der Waals surface area contributed by atoms with Crippen LogP contribution in [0.1, 0.15) is 44.2 Å². The number of hydrogen-bond acceptors (Lipinski definition) is 4. The Labute approximate surface area is 155 Å². The van der Waals surface area contributed by atoms with E-state index in [1.807, 2.05) is 28.0 Å². The SMILES string of the molecule is COc1ccc(C2CCCN2C(=O)C2CCN(C(C)=O)CC2)cc1OC. The Morgan fingerprint density at radius 3 is 2.31 bits per heavy atom. The molecule has 2 heterocycles. The van der Waals surface area contributed by atoms with Crippen LogP contribution in [0.4, 0.5) is 0 Å². The summed E-state index contributed by atoms with van der Waals surface area (Å²) in [6.45, 7) is 3.75. The van der Waals surface area contributed by atoms with Gasteiger partial charge in [-0.25, -0.2) is 0 Å². The van der Waals surface area contributed by atoms with Gasteiger partial charge in [0.25, 0.3) is 0 Å². The van der Waals surface area contributed by atoms with E-state index in [2.05, 4.69) is 0 Å². The van der Waals surface area contributed by atoms with Crippen LogP contribution in [0.2, 0.25) is 0 Å². The maximum Gasteiger partial charge on any atom is 0.226 e. The fourth-order valence-electron chi connectivity index (χ4n) is 4.11. The van der Waals surface area contributed by atoms with Gasteiger partial charge in [-0.3, -0.25) is 9.59 Å². The third-order valence-corrected chi connectivity index (χ3v) is 5.62. The lowest BCUT2D eigenvalue weighted by Gasteiger charge is -2.34. The summed E-state index contributed by atoms with van der Waals surface area (Å²) in [6.07, 6.45) is 3.49. The summed E-state index contributed by atoms with van der Waals surface area (Å²) in [6, 6.07) is 6.00. The molecule has 2 saturated heterocycles. The van der Waals surface area contributed by atoms with Crippen LogP contribution < -0.4 is 9.47 Å². The van der Waals surface area contributed by atoms with Crippen molar-refractivity contribution in [2.24, 2.45) is 5.92 Å². The summed E-state index contributed by atoms with van der Waals surface area (Å²) in [5.74, 6) is 1.74. The standard InChI is InChI=1S/C20H28N2O4/c1-14(23)21-11-8-15(9-12-21)20(24)22-10-4-5-17(22)16-6-7-18(25-2)19(13-16)26-3/h6-7,13,15,17H,4-5,8-12H2,1-3H3. The van der Waals surface area contributed by atoms with Crippen LogP contribution in [-0.2, 0) is 9.59 Å². The van der Waals surface area contributed by atoms with E-state index in [0.717, 1.165) is 37.8 Å². The number of rotatable bonds is 4. The first-order valence-corrected chi connectivity index (χ1v) is 9.33. The quantitative estimate of drug-likeness (QED) is 0.828. The van der Waals surface area contributed by atoms with Gasteiger partial charge in [0.05, 0.1) is 20.3 Å². The molecular formula is C20H28N2O4. The van der Waals surface area contributed by atoms with Crippen molar-refractivity contribution in [2.45, 2.75) is 38.6 Å². The van der Waals surface area contributed by atoms with Gasteiger partial charge in [-0.2, -0.15) is 0 Å². The Balaban J connectivity index is 1.72. The van der Waals surface area contributed by atoms with Gasteiger partial charge >= 0.3 is 0 Å². The van der Waals surface area contributed by atoms with Crippen LogP contribution >= 0.6 is 0 Å². The molecule has 0 aliphatic carbocycles. The molecule has 6 nitrogen and oxygen atoms in total. The lowest BCUT2D eigenvalue weighted by Crippen LogP contribution is -2.43. The minimum atomic E-state index is 0.0198. The second-order valence-electron chi connectivity index (χ2n) is 7.08. The van der Waals surface area contributed by atoms with Crippen molar-refractivity contribution in [1.29, 1.82) is 0 Å². The summed E-state index contributed by atoms with van der Waals surface area (Å²) in [4.78, 5) is 28.5. The third kappa shape index (κ3) is 3.64. The number of methoxy groups -OCH3 is 2. The molecule has 6 heteroatoms. The number of benzene rings is 1. The molecule has 1 atom stereocenters. The van der Waals surface area contributed by atoms with Crippen LogP contribution in [0.3, 0.4) is 0 Å². The molecule has 2 amide bonds. The molecule has 142 valence electrons. The van der Waals surface area contributed by atoms with Crippen molar-refractivity contribution < 1.29 is 19.1 Å². The summed E-state index contributed by atoms with van der Waals surface area (Å²) >= 11 is 0. The number of likely N-dealkylation sites (tertiary alicyclic amines) is 2. The van der Waals surface area contributed by atoms with Crippen molar-refractivity contribution in [3.8, 4) is 11.5 Å². The number of piperidine rings is 1. The monoisotopic (exact) mass is 360 g/mol. The Hall–Kier alpha value is -2.24. The van der Waals surface area contributed by atoms with Crippen LogP contribution in [0.5, 0.6) is 11.5 Å². The predicted octanol–water partition coefficient (Wildman–Crippen LogP) is 2.63. The fraction of sp³-hybridized carbons (Fsp3) is 0.600. The summed E-state index contributed by atoms with van der Waals surface area (Å²) in [5, 5.41) is 0. The number of nitrogens with zero attached hydrogens (tertiary/aromatic N) is 2. The Morgan fingerprint density at radius 2 is 1.69 bits per heavy atom.